The van der Waals surface area contributed by atoms with Crippen molar-refractivity contribution in [2.24, 2.45) is 0 Å². The molecule has 3 aromatic carbocycles. The van der Waals surface area contributed by atoms with E-state index in [-0.39, 0.29) is 10.8 Å². The van der Waals surface area contributed by atoms with E-state index in [2.05, 4.69) is 5.32 Å². The highest BCUT2D eigenvalue weighted by Crippen LogP contribution is 2.21. The van der Waals surface area contributed by atoms with Gasteiger partial charge in [0.15, 0.2) is 0 Å². The first kappa shape index (κ1) is 21.0. The number of nitrogens with one attached hydrogen (secondary N) is 2. The first-order valence-electron chi connectivity index (χ1n) is 9.12. The van der Waals surface area contributed by atoms with Gasteiger partial charge in [-0.15, -0.1) is 0 Å². The molecule has 0 spiro atoms. The summed E-state index contributed by atoms with van der Waals surface area (Å²) in [4.78, 5) is 24.0. The highest BCUT2D eigenvalue weighted by atomic mass is 32.2. The van der Waals surface area contributed by atoms with Crippen LogP contribution in [0.5, 0.6) is 0 Å². The zero-order chi connectivity index (χ0) is 21.6. The van der Waals surface area contributed by atoms with Gasteiger partial charge in [0.25, 0.3) is 15.9 Å². The minimum atomic E-state index is -3.93. The van der Waals surface area contributed by atoms with Crippen molar-refractivity contribution in [2.75, 3.05) is 5.32 Å². The van der Waals surface area contributed by atoms with Crippen molar-refractivity contribution in [3.63, 3.8) is 0 Å². The monoisotopic (exact) mass is 420 g/mol. The molecule has 152 valence electrons. The third kappa shape index (κ3) is 5.42. The normalized spacial score (nSPS) is 11.6. The molecule has 0 aliphatic rings. The summed E-state index contributed by atoms with van der Waals surface area (Å²) in [6.45, 7) is 1.12. The van der Waals surface area contributed by atoms with Gasteiger partial charge >= 0.3 is 0 Å². The Kier molecular flexibility index (Phi) is 6.44. The fourth-order valence-electron chi connectivity index (χ4n) is 2.78. The van der Waals surface area contributed by atoms with Gasteiger partial charge in [-0.1, -0.05) is 60.7 Å². The Bertz CT molecular complexity index is 1170. The summed E-state index contributed by atoms with van der Waals surface area (Å²) in [5, 5.41) is 2.79. The van der Waals surface area contributed by atoms with Crippen molar-refractivity contribution in [1.29, 1.82) is 0 Å². The predicted octanol–water partition coefficient (Wildman–Crippen LogP) is 3.69. The van der Waals surface area contributed by atoms with E-state index in [9.17, 15) is 18.0 Å². The lowest BCUT2D eigenvalue weighted by Gasteiger charge is -2.11. The van der Waals surface area contributed by atoms with Crippen molar-refractivity contribution >= 4 is 39.2 Å². The van der Waals surface area contributed by atoms with Gasteiger partial charge in [-0.25, -0.2) is 13.1 Å². The molecule has 0 bridgehead atoms. The number of carbonyl (C=O) groups excluding carboxylic acids is 2. The van der Waals surface area contributed by atoms with Crippen LogP contribution in [0, 0.1) is 0 Å². The Labute approximate surface area is 175 Å². The van der Waals surface area contributed by atoms with E-state index in [0.717, 1.165) is 18.1 Å². The molecule has 0 aromatic heterocycles. The minimum Gasteiger partial charge on any atom is -0.322 e. The maximum Gasteiger partial charge on any atom is 0.264 e. The van der Waals surface area contributed by atoms with Crippen molar-refractivity contribution in [3.05, 3.63) is 96.1 Å². The second-order valence-corrected chi connectivity index (χ2v) is 8.16. The maximum absolute atomic E-state index is 13.0. The Balaban J connectivity index is 1.86. The molecule has 7 heteroatoms. The topological polar surface area (TPSA) is 92.3 Å². The molecule has 0 aliphatic carbocycles. The van der Waals surface area contributed by atoms with Gasteiger partial charge in [0.1, 0.15) is 0 Å². The number of carbonyl (C=O) groups is 2. The fraction of sp³-hybridized carbons (Fsp3) is 0.0435. The average molecular weight is 420 g/mol. The molecule has 0 saturated heterocycles. The molecule has 0 saturated carbocycles. The van der Waals surface area contributed by atoms with Crippen LogP contribution in [0.15, 0.2) is 89.8 Å². The largest absolute Gasteiger partial charge is 0.322 e. The molecule has 6 nitrogen and oxygen atoms in total. The molecule has 0 atom stereocenters. The van der Waals surface area contributed by atoms with E-state index < -0.39 is 15.9 Å². The van der Waals surface area contributed by atoms with Gasteiger partial charge in [-0.3, -0.25) is 9.59 Å². The van der Waals surface area contributed by atoms with Gasteiger partial charge in [-0.05, 0) is 41.5 Å². The molecule has 0 aliphatic heterocycles. The van der Waals surface area contributed by atoms with E-state index in [4.69, 9.17) is 0 Å². The van der Waals surface area contributed by atoms with Crippen LogP contribution in [0.1, 0.15) is 18.1 Å². The van der Waals surface area contributed by atoms with Gasteiger partial charge in [0.05, 0.1) is 4.90 Å². The summed E-state index contributed by atoms with van der Waals surface area (Å²) in [5.41, 5.74) is 2.53. The fourth-order valence-corrected chi connectivity index (χ4v) is 3.77. The van der Waals surface area contributed by atoms with Crippen LogP contribution in [0.25, 0.3) is 11.6 Å². The molecule has 2 N–H and O–H groups in total. The number of benzene rings is 3. The van der Waals surface area contributed by atoms with Gasteiger partial charge in [0, 0.05) is 18.2 Å². The third-order valence-electron chi connectivity index (χ3n) is 4.14. The highest BCUT2D eigenvalue weighted by molar-refractivity contribution is 7.90. The summed E-state index contributed by atoms with van der Waals surface area (Å²) in [7, 11) is -3.93. The van der Waals surface area contributed by atoms with Gasteiger partial charge in [0.2, 0.25) is 5.91 Å². The number of hydrogen-bond acceptors (Lipinski definition) is 4. The number of anilines is 1. The van der Waals surface area contributed by atoms with Crippen molar-refractivity contribution < 1.29 is 18.0 Å². The third-order valence-corrected chi connectivity index (χ3v) is 5.59. The van der Waals surface area contributed by atoms with Crippen LogP contribution >= 0.6 is 0 Å². The molecule has 3 aromatic rings. The molecular formula is C23H20N2O4S. The molecule has 0 radical (unpaired) electrons. The van der Waals surface area contributed by atoms with Crippen LogP contribution in [-0.4, -0.2) is 20.2 Å². The second kappa shape index (κ2) is 9.19. The molecule has 3 rings (SSSR count). The lowest BCUT2D eigenvalue weighted by molar-refractivity contribution is -0.117. The Hall–Kier alpha value is -3.71. The summed E-state index contributed by atoms with van der Waals surface area (Å²) in [6, 6.07) is 24.3. The number of amides is 2. The van der Waals surface area contributed by atoms with Crippen LogP contribution in [0.4, 0.5) is 5.69 Å². The van der Waals surface area contributed by atoms with Crippen LogP contribution in [-0.2, 0) is 19.6 Å². The first-order valence-corrected chi connectivity index (χ1v) is 10.6. The van der Waals surface area contributed by atoms with Gasteiger partial charge < -0.3 is 5.32 Å². The van der Waals surface area contributed by atoms with Crippen molar-refractivity contribution in [2.45, 2.75) is 11.8 Å². The molecule has 0 fully saturated rings. The Morgan fingerprint density at radius 3 is 1.93 bits per heavy atom. The maximum atomic E-state index is 13.0. The van der Waals surface area contributed by atoms with E-state index in [1.54, 1.807) is 6.08 Å². The van der Waals surface area contributed by atoms with Crippen molar-refractivity contribution in [3.8, 4) is 0 Å². The van der Waals surface area contributed by atoms with E-state index in [1.165, 1.54) is 24.3 Å². The quantitative estimate of drug-likeness (QED) is 0.470. The minimum absolute atomic E-state index is 0.0705. The Morgan fingerprint density at radius 2 is 1.37 bits per heavy atom. The smallest absolute Gasteiger partial charge is 0.264 e. The molecule has 30 heavy (non-hydrogen) atoms. The van der Waals surface area contributed by atoms with E-state index in [1.807, 2.05) is 65.4 Å². The summed E-state index contributed by atoms with van der Waals surface area (Å²) in [5.74, 6) is -1.01. The SMILES string of the molecule is CC(=O)NS(=O)(=O)c1ccc(NC(=O)/C(=C/c2ccccc2)c2ccccc2)cc1. The zero-order valence-corrected chi connectivity index (χ0v) is 17.0. The Morgan fingerprint density at radius 1 is 0.800 bits per heavy atom. The standard InChI is InChI=1S/C23H20N2O4S/c1-17(26)25-30(28,29)21-14-12-20(13-15-21)24-23(27)22(19-10-6-3-7-11-19)16-18-8-4-2-5-9-18/h2-16H,1H3,(H,24,27)(H,25,26)/b22-16+. The van der Waals surface area contributed by atoms with Crippen LogP contribution in [0.3, 0.4) is 0 Å². The van der Waals surface area contributed by atoms with Crippen LogP contribution < -0.4 is 10.0 Å². The number of sulfonamides is 1. The lowest BCUT2D eigenvalue weighted by Crippen LogP contribution is -2.28. The van der Waals surface area contributed by atoms with E-state index in [0.29, 0.717) is 11.3 Å². The van der Waals surface area contributed by atoms with Crippen molar-refractivity contribution in [1.82, 2.24) is 4.72 Å². The zero-order valence-electron chi connectivity index (χ0n) is 16.2. The summed E-state index contributed by atoms with van der Waals surface area (Å²) >= 11 is 0. The molecule has 0 unspecified atom stereocenters. The average Bonchev–Trinajstić information content (AvgIpc) is 2.73. The number of hydrogen-bond donors (Lipinski definition) is 2. The number of rotatable bonds is 6. The second-order valence-electron chi connectivity index (χ2n) is 6.47. The highest BCUT2D eigenvalue weighted by Gasteiger charge is 2.16. The molecular weight excluding hydrogens is 400 g/mol. The van der Waals surface area contributed by atoms with Gasteiger partial charge in [-0.2, -0.15) is 0 Å². The molecule has 0 heterocycles. The summed E-state index contributed by atoms with van der Waals surface area (Å²) < 4.78 is 26.0. The first-order chi connectivity index (χ1) is 14.3. The van der Waals surface area contributed by atoms with Crippen LogP contribution in [0.2, 0.25) is 0 Å². The predicted molar refractivity (Wildman–Crippen MR) is 117 cm³/mol. The lowest BCUT2D eigenvalue weighted by atomic mass is 10.0. The molecule has 2 amide bonds. The summed E-state index contributed by atoms with van der Waals surface area (Å²) in [6.07, 6.45) is 1.79. The van der Waals surface area contributed by atoms with E-state index >= 15 is 0 Å².